The van der Waals surface area contributed by atoms with Crippen molar-refractivity contribution >= 4 is 5.91 Å². The van der Waals surface area contributed by atoms with Crippen LogP contribution in [0.4, 0.5) is 0 Å². The molecule has 3 rings (SSSR count). The highest BCUT2D eigenvalue weighted by Crippen LogP contribution is 2.27. The van der Waals surface area contributed by atoms with E-state index in [0.717, 1.165) is 35.8 Å². The fraction of sp³-hybridized carbons (Fsp3) is 0.529. The third-order valence-electron chi connectivity index (χ3n) is 4.31. The predicted molar refractivity (Wildman–Crippen MR) is 85.4 cm³/mol. The number of ether oxygens (including phenoxy) is 1. The summed E-state index contributed by atoms with van der Waals surface area (Å²) in [5, 5.41) is 7.52. The Balaban J connectivity index is 1.79. The van der Waals surface area contributed by atoms with Crippen LogP contribution in [-0.2, 0) is 11.8 Å². The minimum absolute atomic E-state index is 0.106. The Morgan fingerprint density at radius 2 is 2.26 bits per heavy atom. The van der Waals surface area contributed by atoms with Crippen LogP contribution in [0.3, 0.4) is 0 Å². The van der Waals surface area contributed by atoms with Crippen LogP contribution in [0.15, 0.2) is 16.7 Å². The Morgan fingerprint density at radius 1 is 1.48 bits per heavy atom. The molecular weight excluding hydrogens is 294 g/mol. The number of carbonyl (C=O) groups is 1. The summed E-state index contributed by atoms with van der Waals surface area (Å²) in [4.78, 5) is 12.7. The summed E-state index contributed by atoms with van der Waals surface area (Å²) in [6.45, 7) is 7.14. The van der Waals surface area contributed by atoms with Gasteiger partial charge in [0.15, 0.2) is 0 Å². The SMILES string of the molecule is Cc1cc([C@H](C)NC(=O)c2cn(C)nc2[C@H]2CCOC2)c(C)o1. The summed E-state index contributed by atoms with van der Waals surface area (Å²) in [6, 6.07) is 1.85. The summed E-state index contributed by atoms with van der Waals surface area (Å²) in [5.74, 6) is 1.78. The predicted octanol–water partition coefficient (Wildman–Crippen LogP) is 2.62. The molecule has 0 unspecified atom stereocenters. The molecule has 23 heavy (non-hydrogen) atoms. The van der Waals surface area contributed by atoms with E-state index in [9.17, 15) is 4.79 Å². The van der Waals surface area contributed by atoms with E-state index in [-0.39, 0.29) is 17.9 Å². The van der Waals surface area contributed by atoms with E-state index in [1.54, 1.807) is 10.9 Å². The molecule has 0 aliphatic carbocycles. The second-order valence-corrected chi connectivity index (χ2v) is 6.23. The van der Waals surface area contributed by atoms with E-state index in [4.69, 9.17) is 9.15 Å². The number of aryl methyl sites for hydroxylation is 3. The van der Waals surface area contributed by atoms with Crippen molar-refractivity contribution in [2.75, 3.05) is 13.2 Å². The molecule has 1 aliphatic heterocycles. The first-order chi connectivity index (χ1) is 11.0. The van der Waals surface area contributed by atoms with Crippen molar-refractivity contribution < 1.29 is 13.9 Å². The molecular formula is C17H23N3O3. The van der Waals surface area contributed by atoms with Gasteiger partial charge >= 0.3 is 0 Å². The molecule has 6 nitrogen and oxygen atoms in total. The molecule has 0 radical (unpaired) electrons. The molecule has 1 N–H and O–H groups in total. The van der Waals surface area contributed by atoms with Gasteiger partial charge in [-0.1, -0.05) is 0 Å². The van der Waals surface area contributed by atoms with Crippen LogP contribution < -0.4 is 5.32 Å². The smallest absolute Gasteiger partial charge is 0.255 e. The van der Waals surface area contributed by atoms with Crippen LogP contribution in [0, 0.1) is 13.8 Å². The molecule has 2 atom stereocenters. The zero-order valence-electron chi connectivity index (χ0n) is 14.0. The second-order valence-electron chi connectivity index (χ2n) is 6.23. The fourth-order valence-electron chi connectivity index (χ4n) is 3.16. The van der Waals surface area contributed by atoms with Gasteiger partial charge in [0.25, 0.3) is 5.91 Å². The third kappa shape index (κ3) is 3.17. The third-order valence-corrected chi connectivity index (χ3v) is 4.31. The van der Waals surface area contributed by atoms with Gasteiger partial charge in [-0.3, -0.25) is 9.48 Å². The van der Waals surface area contributed by atoms with Crippen LogP contribution in [0.5, 0.6) is 0 Å². The Labute approximate surface area is 135 Å². The Hall–Kier alpha value is -2.08. The Bertz CT molecular complexity index is 711. The minimum Gasteiger partial charge on any atom is -0.466 e. The van der Waals surface area contributed by atoms with Gasteiger partial charge in [-0.15, -0.1) is 0 Å². The molecule has 0 aromatic carbocycles. The van der Waals surface area contributed by atoms with Crippen molar-refractivity contribution in [3.05, 3.63) is 40.6 Å². The van der Waals surface area contributed by atoms with E-state index >= 15 is 0 Å². The summed E-state index contributed by atoms with van der Waals surface area (Å²) in [5.41, 5.74) is 2.47. The summed E-state index contributed by atoms with van der Waals surface area (Å²) < 4.78 is 12.7. The van der Waals surface area contributed by atoms with Crippen molar-refractivity contribution in [2.45, 2.75) is 39.2 Å². The van der Waals surface area contributed by atoms with Gasteiger partial charge in [-0.25, -0.2) is 0 Å². The lowest BCUT2D eigenvalue weighted by Gasteiger charge is -2.14. The van der Waals surface area contributed by atoms with Crippen LogP contribution in [0.25, 0.3) is 0 Å². The largest absolute Gasteiger partial charge is 0.466 e. The lowest BCUT2D eigenvalue weighted by molar-refractivity contribution is 0.0938. The van der Waals surface area contributed by atoms with Gasteiger partial charge < -0.3 is 14.5 Å². The molecule has 1 fully saturated rings. The molecule has 0 bridgehead atoms. The van der Waals surface area contributed by atoms with E-state index in [2.05, 4.69) is 10.4 Å². The lowest BCUT2D eigenvalue weighted by Crippen LogP contribution is -2.27. The first kappa shape index (κ1) is 15.8. The van der Waals surface area contributed by atoms with Crippen LogP contribution in [0.1, 0.15) is 58.4 Å². The van der Waals surface area contributed by atoms with Crippen molar-refractivity contribution in [3.8, 4) is 0 Å². The van der Waals surface area contributed by atoms with Gasteiger partial charge in [0, 0.05) is 31.3 Å². The number of carbonyl (C=O) groups excluding carboxylic acids is 1. The number of hydrogen-bond acceptors (Lipinski definition) is 4. The van der Waals surface area contributed by atoms with Crippen molar-refractivity contribution in [2.24, 2.45) is 7.05 Å². The minimum atomic E-state index is -0.118. The molecule has 3 heterocycles. The van der Waals surface area contributed by atoms with Gasteiger partial charge in [-0.05, 0) is 33.3 Å². The quantitative estimate of drug-likeness (QED) is 0.941. The van der Waals surface area contributed by atoms with Crippen molar-refractivity contribution in [3.63, 3.8) is 0 Å². The monoisotopic (exact) mass is 317 g/mol. The summed E-state index contributed by atoms with van der Waals surface area (Å²) >= 11 is 0. The van der Waals surface area contributed by atoms with E-state index < -0.39 is 0 Å². The Kier molecular flexibility index (Phi) is 4.26. The number of nitrogens with zero attached hydrogens (tertiary/aromatic N) is 2. The maximum Gasteiger partial charge on any atom is 0.255 e. The van der Waals surface area contributed by atoms with Crippen molar-refractivity contribution in [1.82, 2.24) is 15.1 Å². The topological polar surface area (TPSA) is 69.3 Å². The number of amides is 1. The van der Waals surface area contributed by atoms with Crippen LogP contribution in [-0.4, -0.2) is 28.9 Å². The zero-order chi connectivity index (χ0) is 16.6. The molecule has 124 valence electrons. The number of furan rings is 1. The average Bonchev–Trinajstić information content (AvgIpc) is 3.18. The maximum absolute atomic E-state index is 12.7. The van der Waals surface area contributed by atoms with Crippen LogP contribution in [0.2, 0.25) is 0 Å². The molecule has 1 saturated heterocycles. The molecule has 6 heteroatoms. The lowest BCUT2D eigenvalue weighted by atomic mass is 10.0. The molecule has 0 spiro atoms. The van der Waals surface area contributed by atoms with Crippen LogP contribution >= 0.6 is 0 Å². The number of rotatable bonds is 4. The standard InChI is InChI=1S/C17H23N3O3/c1-10-7-14(12(3)23-10)11(2)18-17(21)15-8-20(4)19-16(15)13-5-6-22-9-13/h7-8,11,13H,5-6,9H2,1-4H3,(H,18,21)/t11-,13-/m0/s1. The maximum atomic E-state index is 12.7. The van der Waals surface area contributed by atoms with Gasteiger partial charge in [0.1, 0.15) is 11.5 Å². The summed E-state index contributed by atoms with van der Waals surface area (Å²) in [7, 11) is 1.84. The fourth-order valence-corrected chi connectivity index (χ4v) is 3.16. The molecule has 2 aromatic rings. The highest BCUT2D eigenvalue weighted by Gasteiger charge is 2.27. The van der Waals surface area contributed by atoms with E-state index in [1.165, 1.54) is 0 Å². The molecule has 1 aliphatic rings. The number of aromatic nitrogens is 2. The number of nitrogens with one attached hydrogen (secondary N) is 1. The van der Waals surface area contributed by atoms with E-state index in [1.807, 2.05) is 33.9 Å². The average molecular weight is 317 g/mol. The second kappa shape index (κ2) is 6.20. The highest BCUT2D eigenvalue weighted by molar-refractivity contribution is 5.95. The molecule has 1 amide bonds. The first-order valence-electron chi connectivity index (χ1n) is 7.94. The Morgan fingerprint density at radius 3 is 2.87 bits per heavy atom. The highest BCUT2D eigenvalue weighted by atomic mass is 16.5. The normalized spacial score (nSPS) is 19.0. The van der Waals surface area contributed by atoms with E-state index in [0.29, 0.717) is 12.2 Å². The van der Waals surface area contributed by atoms with Gasteiger partial charge in [0.2, 0.25) is 0 Å². The van der Waals surface area contributed by atoms with Gasteiger partial charge in [0.05, 0.1) is 23.9 Å². The molecule has 2 aromatic heterocycles. The van der Waals surface area contributed by atoms with Gasteiger partial charge in [-0.2, -0.15) is 5.10 Å². The summed E-state index contributed by atoms with van der Waals surface area (Å²) in [6.07, 6.45) is 2.69. The first-order valence-corrected chi connectivity index (χ1v) is 7.94. The number of hydrogen-bond donors (Lipinski definition) is 1. The zero-order valence-corrected chi connectivity index (χ0v) is 14.0. The van der Waals surface area contributed by atoms with Crippen molar-refractivity contribution in [1.29, 1.82) is 0 Å². The molecule has 0 saturated carbocycles.